The number of rotatable bonds is 4. The third-order valence-electron chi connectivity index (χ3n) is 3.53. The lowest BCUT2D eigenvalue weighted by Crippen LogP contribution is -2.33. The van der Waals surface area contributed by atoms with Crippen LogP contribution >= 0.6 is 0 Å². The molecule has 0 spiro atoms. The SMILES string of the molecule is NCC1(COc2ccc(F)c(F)c2)CCCC1. The quantitative estimate of drug-likeness (QED) is 0.879. The van der Waals surface area contributed by atoms with Crippen molar-refractivity contribution < 1.29 is 13.5 Å². The van der Waals surface area contributed by atoms with Crippen LogP contribution in [0.1, 0.15) is 25.7 Å². The van der Waals surface area contributed by atoms with Gasteiger partial charge < -0.3 is 10.5 Å². The molecule has 0 aliphatic heterocycles. The maximum Gasteiger partial charge on any atom is 0.162 e. The van der Waals surface area contributed by atoms with Gasteiger partial charge in [0.25, 0.3) is 0 Å². The number of halogens is 2. The Labute approximate surface area is 99.8 Å². The lowest BCUT2D eigenvalue weighted by Gasteiger charge is -2.26. The van der Waals surface area contributed by atoms with E-state index in [4.69, 9.17) is 10.5 Å². The molecule has 1 aromatic carbocycles. The van der Waals surface area contributed by atoms with Gasteiger partial charge in [-0.1, -0.05) is 12.8 Å². The van der Waals surface area contributed by atoms with Gasteiger partial charge in [-0.3, -0.25) is 0 Å². The van der Waals surface area contributed by atoms with Gasteiger partial charge in [-0.25, -0.2) is 8.78 Å². The number of benzene rings is 1. The van der Waals surface area contributed by atoms with E-state index in [-0.39, 0.29) is 5.41 Å². The fourth-order valence-corrected chi connectivity index (χ4v) is 2.34. The molecule has 0 bridgehead atoms. The highest BCUT2D eigenvalue weighted by Crippen LogP contribution is 2.37. The number of hydrogen-bond donors (Lipinski definition) is 1. The molecule has 2 nitrogen and oxygen atoms in total. The Balaban J connectivity index is 1.99. The highest BCUT2D eigenvalue weighted by atomic mass is 19.2. The zero-order chi connectivity index (χ0) is 12.3. The van der Waals surface area contributed by atoms with Crippen molar-refractivity contribution in [1.29, 1.82) is 0 Å². The highest BCUT2D eigenvalue weighted by Gasteiger charge is 2.33. The molecule has 1 aromatic rings. The lowest BCUT2D eigenvalue weighted by molar-refractivity contribution is 0.156. The molecule has 0 atom stereocenters. The van der Waals surface area contributed by atoms with Crippen molar-refractivity contribution in [2.24, 2.45) is 11.1 Å². The summed E-state index contributed by atoms with van der Waals surface area (Å²) in [5.74, 6) is -1.37. The second kappa shape index (κ2) is 5.00. The van der Waals surface area contributed by atoms with Crippen LogP contribution in [0, 0.1) is 17.0 Å². The lowest BCUT2D eigenvalue weighted by atomic mass is 9.87. The largest absolute Gasteiger partial charge is 0.493 e. The summed E-state index contributed by atoms with van der Waals surface area (Å²) < 4.78 is 31.2. The van der Waals surface area contributed by atoms with Crippen LogP contribution in [0.15, 0.2) is 18.2 Å². The predicted octanol–water partition coefficient (Wildman–Crippen LogP) is 2.86. The first-order chi connectivity index (χ1) is 8.15. The predicted molar refractivity (Wildman–Crippen MR) is 61.8 cm³/mol. The van der Waals surface area contributed by atoms with Crippen molar-refractivity contribution in [1.82, 2.24) is 0 Å². The van der Waals surface area contributed by atoms with Crippen molar-refractivity contribution in [3.63, 3.8) is 0 Å². The van der Waals surface area contributed by atoms with Crippen LogP contribution in [0.5, 0.6) is 5.75 Å². The Morgan fingerprint density at radius 2 is 1.88 bits per heavy atom. The number of nitrogens with two attached hydrogens (primary N) is 1. The van der Waals surface area contributed by atoms with Crippen LogP contribution in [-0.4, -0.2) is 13.2 Å². The summed E-state index contributed by atoms with van der Waals surface area (Å²) in [7, 11) is 0. The smallest absolute Gasteiger partial charge is 0.162 e. The van der Waals surface area contributed by atoms with Gasteiger partial charge in [0.2, 0.25) is 0 Å². The summed E-state index contributed by atoms with van der Waals surface area (Å²) in [5.41, 5.74) is 5.79. The first kappa shape index (κ1) is 12.3. The maximum absolute atomic E-state index is 13.0. The Bertz CT molecular complexity index is 389. The molecule has 0 unspecified atom stereocenters. The standard InChI is InChI=1S/C13H17F2NO/c14-11-4-3-10(7-12(11)15)17-9-13(8-16)5-1-2-6-13/h3-4,7H,1-2,5-6,8-9,16H2. The fourth-order valence-electron chi connectivity index (χ4n) is 2.34. The minimum Gasteiger partial charge on any atom is -0.493 e. The summed E-state index contributed by atoms with van der Waals surface area (Å²) in [6, 6.07) is 3.60. The van der Waals surface area contributed by atoms with Crippen molar-refractivity contribution in [3.05, 3.63) is 29.8 Å². The van der Waals surface area contributed by atoms with Gasteiger partial charge in [-0.15, -0.1) is 0 Å². The molecule has 0 radical (unpaired) electrons. The average Bonchev–Trinajstić information content (AvgIpc) is 2.80. The van der Waals surface area contributed by atoms with E-state index in [2.05, 4.69) is 0 Å². The molecule has 0 amide bonds. The molecule has 1 saturated carbocycles. The van der Waals surface area contributed by atoms with Gasteiger partial charge in [0.1, 0.15) is 5.75 Å². The van der Waals surface area contributed by atoms with Gasteiger partial charge in [0.15, 0.2) is 11.6 Å². The van der Waals surface area contributed by atoms with Crippen molar-refractivity contribution in [2.75, 3.05) is 13.2 Å². The third-order valence-corrected chi connectivity index (χ3v) is 3.53. The van der Waals surface area contributed by atoms with E-state index in [1.165, 1.54) is 18.9 Å². The summed E-state index contributed by atoms with van der Waals surface area (Å²) in [5, 5.41) is 0. The van der Waals surface area contributed by atoms with E-state index < -0.39 is 11.6 Å². The van der Waals surface area contributed by atoms with Gasteiger partial charge in [-0.2, -0.15) is 0 Å². The minimum absolute atomic E-state index is 0.0187. The topological polar surface area (TPSA) is 35.2 Å². The molecule has 1 aliphatic carbocycles. The molecule has 0 aromatic heterocycles. The zero-order valence-electron chi connectivity index (χ0n) is 9.72. The normalized spacial score (nSPS) is 18.3. The van der Waals surface area contributed by atoms with E-state index in [9.17, 15) is 8.78 Å². The monoisotopic (exact) mass is 241 g/mol. The molecule has 94 valence electrons. The van der Waals surface area contributed by atoms with E-state index in [0.717, 1.165) is 25.0 Å². The molecule has 4 heteroatoms. The summed E-state index contributed by atoms with van der Waals surface area (Å²) >= 11 is 0. The van der Waals surface area contributed by atoms with Crippen LogP contribution in [0.3, 0.4) is 0 Å². The summed E-state index contributed by atoms with van der Waals surface area (Å²) in [6.45, 7) is 1.06. The number of hydrogen-bond acceptors (Lipinski definition) is 2. The van der Waals surface area contributed by atoms with Crippen molar-refractivity contribution in [2.45, 2.75) is 25.7 Å². The molecule has 2 rings (SSSR count). The third kappa shape index (κ3) is 2.75. The van der Waals surface area contributed by atoms with Crippen molar-refractivity contribution >= 4 is 0 Å². The van der Waals surface area contributed by atoms with Crippen LogP contribution in [-0.2, 0) is 0 Å². The van der Waals surface area contributed by atoms with Gasteiger partial charge in [-0.05, 0) is 25.0 Å². The molecule has 17 heavy (non-hydrogen) atoms. The van der Waals surface area contributed by atoms with E-state index in [1.807, 2.05) is 0 Å². The summed E-state index contributed by atoms with van der Waals surface area (Å²) in [4.78, 5) is 0. The maximum atomic E-state index is 13.0. The Morgan fingerprint density at radius 3 is 2.47 bits per heavy atom. The molecule has 0 heterocycles. The highest BCUT2D eigenvalue weighted by molar-refractivity contribution is 5.23. The van der Waals surface area contributed by atoms with Gasteiger partial charge in [0, 0.05) is 18.0 Å². The second-order valence-corrected chi connectivity index (χ2v) is 4.78. The van der Waals surface area contributed by atoms with E-state index >= 15 is 0 Å². The zero-order valence-corrected chi connectivity index (χ0v) is 9.72. The second-order valence-electron chi connectivity index (χ2n) is 4.78. The van der Waals surface area contributed by atoms with Crippen LogP contribution in [0.2, 0.25) is 0 Å². The summed E-state index contributed by atoms with van der Waals surface area (Å²) in [6.07, 6.45) is 4.43. The average molecular weight is 241 g/mol. The Kier molecular flexibility index (Phi) is 3.62. The van der Waals surface area contributed by atoms with E-state index in [1.54, 1.807) is 0 Å². The number of ether oxygens (including phenoxy) is 1. The van der Waals surface area contributed by atoms with Gasteiger partial charge in [0.05, 0.1) is 6.61 Å². The Morgan fingerprint density at radius 1 is 1.18 bits per heavy atom. The minimum atomic E-state index is -0.879. The van der Waals surface area contributed by atoms with Crippen LogP contribution in [0.4, 0.5) is 8.78 Å². The first-order valence-electron chi connectivity index (χ1n) is 5.93. The molecular formula is C13H17F2NO. The van der Waals surface area contributed by atoms with Crippen LogP contribution < -0.4 is 10.5 Å². The van der Waals surface area contributed by atoms with E-state index in [0.29, 0.717) is 18.9 Å². The molecule has 1 aliphatic rings. The van der Waals surface area contributed by atoms with Gasteiger partial charge >= 0.3 is 0 Å². The van der Waals surface area contributed by atoms with Crippen molar-refractivity contribution in [3.8, 4) is 5.75 Å². The molecular weight excluding hydrogens is 224 g/mol. The van der Waals surface area contributed by atoms with Crippen LogP contribution in [0.25, 0.3) is 0 Å². The first-order valence-corrected chi connectivity index (χ1v) is 5.93. The molecule has 1 fully saturated rings. The fraction of sp³-hybridized carbons (Fsp3) is 0.538. The molecule has 2 N–H and O–H groups in total. The Hall–Kier alpha value is -1.16. The molecule has 0 saturated heterocycles.